The van der Waals surface area contributed by atoms with Crippen molar-refractivity contribution in [2.75, 3.05) is 44.5 Å². The molecule has 1 aliphatic rings. The van der Waals surface area contributed by atoms with Crippen LogP contribution in [-0.4, -0.2) is 78.8 Å². The molecule has 228 valence electrons. The third-order valence-electron chi connectivity index (χ3n) is 7.57. The molecule has 10 nitrogen and oxygen atoms in total. The van der Waals surface area contributed by atoms with Crippen molar-refractivity contribution in [1.29, 1.82) is 0 Å². The lowest BCUT2D eigenvalue weighted by atomic mass is 10.00. The number of para-hydroxylation sites is 1. The van der Waals surface area contributed by atoms with Crippen molar-refractivity contribution in [2.24, 2.45) is 5.92 Å². The zero-order valence-electron chi connectivity index (χ0n) is 24.7. The van der Waals surface area contributed by atoms with E-state index in [9.17, 15) is 23.9 Å². The summed E-state index contributed by atoms with van der Waals surface area (Å²) in [5.41, 5.74) is 1.51. The Hall–Kier alpha value is -4.48. The highest BCUT2D eigenvalue weighted by atomic mass is 19.1. The first kappa shape index (κ1) is 31.5. The first-order valence-electron chi connectivity index (χ1n) is 14.0. The first-order valence-corrected chi connectivity index (χ1v) is 14.0. The van der Waals surface area contributed by atoms with E-state index in [2.05, 4.69) is 15.5 Å². The van der Waals surface area contributed by atoms with Gasteiger partial charge >= 0.3 is 12.0 Å². The third kappa shape index (κ3) is 7.88. The van der Waals surface area contributed by atoms with Gasteiger partial charge in [-0.1, -0.05) is 37.3 Å². The van der Waals surface area contributed by atoms with E-state index in [1.54, 1.807) is 49.4 Å². The lowest BCUT2D eigenvalue weighted by Gasteiger charge is -2.36. The molecule has 43 heavy (non-hydrogen) atoms. The van der Waals surface area contributed by atoms with Gasteiger partial charge in [0, 0.05) is 45.5 Å². The number of nitrogens with one attached hydrogen (secondary N) is 2. The van der Waals surface area contributed by atoms with Gasteiger partial charge in [-0.25, -0.2) is 14.0 Å². The molecule has 0 radical (unpaired) electrons. The lowest BCUT2D eigenvalue weighted by Crippen LogP contribution is -2.46. The van der Waals surface area contributed by atoms with E-state index in [-0.39, 0.29) is 53.9 Å². The Morgan fingerprint density at radius 3 is 2.49 bits per heavy atom. The minimum absolute atomic E-state index is 0.0198. The van der Waals surface area contributed by atoms with Crippen LogP contribution in [0.5, 0.6) is 5.75 Å². The number of nitrogens with zero attached hydrogens (tertiary/aromatic N) is 2. The zero-order chi connectivity index (χ0) is 31.1. The van der Waals surface area contributed by atoms with Crippen LogP contribution in [0.15, 0.2) is 66.7 Å². The molecule has 3 N–H and O–H groups in total. The average molecular weight is 593 g/mol. The van der Waals surface area contributed by atoms with Gasteiger partial charge in [-0.2, -0.15) is 0 Å². The number of carboxylic acids is 1. The van der Waals surface area contributed by atoms with Gasteiger partial charge in [0.1, 0.15) is 18.2 Å². The second kappa shape index (κ2) is 14.1. The van der Waals surface area contributed by atoms with Gasteiger partial charge in [-0.05, 0) is 54.8 Å². The number of benzene rings is 3. The van der Waals surface area contributed by atoms with Crippen LogP contribution in [0, 0.1) is 11.7 Å². The van der Waals surface area contributed by atoms with Gasteiger partial charge in [0.15, 0.2) is 0 Å². The number of urea groups is 1. The SMILES string of the molecule is CO[C@H]1CN(C)C(=O)c2cc(NC(=O)Nc3ccccc3F)ccc2OC[C@H](C)N(Cc2ccccc2C(=O)O)C[C@H]1C. The van der Waals surface area contributed by atoms with Crippen molar-refractivity contribution < 1.29 is 33.4 Å². The number of aromatic carboxylic acids is 1. The zero-order valence-corrected chi connectivity index (χ0v) is 24.7. The van der Waals surface area contributed by atoms with Crippen molar-refractivity contribution in [2.45, 2.75) is 32.5 Å². The fourth-order valence-electron chi connectivity index (χ4n) is 5.08. The fraction of sp³-hybridized carbons (Fsp3) is 0.344. The molecule has 0 fully saturated rings. The Morgan fingerprint density at radius 1 is 1.05 bits per heavy atom. The molecular formula is C32H37FN4O6. The molecule has 3 aromatic carbocycles. The molecule has 0 bridgehead atoms. The van der Waals surface area contributed by atoms with Gasteiger partial charge in [0.25, 0.3) is 5.91 Å². The molecule has 1 heterocycles. The highest BCUT2D eigenvalue weighted by molar-refractivity contribution is 6.02. The molecule has 0 saturated carbocycles. The van der Waals surface area contributed by atoms with E-state index in [1.807, 2.05) is 26.0 Å². The van der Waals surface area contributed by atoms with E-state index in [1.165, 1.54) is 24.3 Å². The fourth-order valence-corrected chi connectivity index (χ4v) is 5.08. The summed E-state index contributed by atoms with van der Waals surface area (Å²) in [4.78, 5) is 41.8. The summed E-state index contributed by atoms with van der Waals surface area (Å²) >= 11 is 0. The Balaban J connectivity index is 1.61. The summed E-state index contributed by atoms with van der Waals surface area (Å²) in [5.74, 6) is -1.57. The largest absolute Gasteiger partial charge is 0.491 e. The number of ether oxygens (including phenoxy) is 2. The van der Waals surface area contributed by atoms with E-state index in [0.717, 1.165) is 0 Å². The van der Waals surface area contributed by atoms with Crippen LogP contribution in [0.4, 0.5) is 20.6 Å². The number of amides is 3. The maximum Gasteiger partial charge on any atom is 0.336 e. The standard InChI is InChI=1S/C32H37FN4O6/c1-20-16-37(17-22-9-5-6-10-24(22)31(39)40)21(2)19-43-28-14-13-23(15-25(28)30(38)36(3)18-29(20)42-4)34-32(41)35-27-12-8-7-11-26(27)33/h5-15,20-21,29H,16-19H2,1-4H3,(H,39,40)(H2,34,35,41)/t20-,21+,29+/m1/s1. The summed E-state index contributed by atoms with van der Waals surface area (Å²) in [7, 11) is 3.28. The van der Waals surface area contributed by atoms with Crippen LogP contribution in [0.25, 0.3) is 0 Å². The summed E-state index contributed by atoms with van der Waals surface area (Å²) in [6.45, 7) is 5.48. The summed E-state index contributed by atoms with van der Waals surface area (Å²) in [6, 6.07) is 16.6. The predicted octanol–water partition coefficient (Wildman–Crippen LogP) is 5.17. The lowest BCUT2D eigenvalue weighted by molar-refractivity contribution is 0.00915. The molecule has 4 rings (SSSR count). The van der Waals surface area contributed by atoms with Crippen LogP contribution in [-0.2, 0) is 11.3 Å². The molecule has 0 aliphatic carbocycles. The van der Waals surface area contributed by atoms with Crippen LogP contribution >= 0.6 is 0 Å². The number of anilines is 2. The van der Waals surface area contributed by atoms with Crippen molar-refractivity contribution in [3.63, 3.8) is 0 Å². The second-order valence-corrected chi connectivity index (χ2v) is 10.8. The van der Waals surface area contributed by atoms with Gasteiger partial charge in [0.05, 0.1) is 22.9 Å². The van der Waals surface area contributed by atoms with Gasteiger partial charge in [-0.3, -0.25) is 9.69 Å². The van der Waals surface area contributed by atoms with Gasteiger partial charge in [-0.15, -0.1) is 0 Å². The molecule has 0 saturated heterocycles. The molecule has 3 aromatic rings. The predicted molar refractivity (Wildman–Crippen MR) is 161 cm³/mol. The number of fused-ring (bicyclic) bond motifs is 1. The van der Waals surface area contributed by atoms with Crippen LogP contribution in [0.3, 0.4) is 0 Å². The Bertz CT molecular complexity index is 1470. The van der Waals surface area contributed by atoms with Crippen LogP contribution in [0.1, 0.15) is 40.1 Å². The van der Waals surface area contributed by atoms with E-state index in [4.69, 9.17) is 9.47 Å². The summed E-state index contributed by atoms with van der Waals surface area (Å²) < 4.78 is 26.0. The number of halogens is 1. The van der Waals surface area contributed by atoms with Gasteiger partial charge in [0.2, 0.25) is 0 Å². The van der Waals surface area contributed by atoms with Crippen LogP contribution < -0.4 is 15.4 Å². The van der Waals surface area contributed by atoms with Crippen LogP contribution in [0.2, 0.25) is 0 Å². The monoisotopic (exact) mass is 592 g/mol. The second-order valence-electron chi connectivity index (χ2n) is 10.8. The minimum atomic E-state index is -0.988. The molecule has 0 aromatic heterocycles. The summed E-state index contributed by atoms with van der Waals surface area (Å²) in [6.07, 6.45) is -0.310. The highest BCUT2D eigenvalue weighted by Gasteiger charge is 2.29. The molecule has 1 aliphatic heterocycles. The normalized spacial score (nSPS) is 19.8. The molecule has 3 amide bonds. The number of carboxylic acid groups (broad SMARTS) is 1. The number of carbonyl (C=O) groups is 3. The Labute approximate surface area is 250 Å². The number of rotatable bonds is 6. The van der Waals surface area contributed by atoms with Crippen molar-refractivity contribution in [3.8, 4) is 5.75 Å². The Kier molecular flexibility index (Phi) is 10.3. The minimum Gasteiger partial charge on any atom is -0.491 e. The number of hydrogen-bond acceptors (Lipinski definition) is 6. The molecule has 0 spiro atoms. The number of hydrogen-bond donors (Lipinski definition) is 3. The molecule has 0 unspecified atom stereocenters. The van der Waals surface area contributed by atoms with Gasteiger partial charge < -0.3 is 30.1 Å². The average Bonchev–Trinajstić information content (AvgIpc) is 2.98. The van der Waals surface area contributed by atoms with E-state index in [0.29, 0.717) is 30.1 Å². The number of carbonyl (C=O) groups excluding carboxylic acids is 2. The number of methoxy groups -OCH3 is 1. The maximum absolute atomic E-state index is 14.0. The van der Waals surface area contributed by atoms with E-state index < -0.39 is 17.8 Å². The van der Waals surface area contributed by atoms with Crippen molar-refractivity contribution in [1.82, 2.24) is 9.80 Å². The first-order chi connectivity index (χ1) is 20.6. The molecule has 11 heteroatoms. The molecule has 3 atom stereocenters. The quantitative estimate of drug-likeness (QED) is 0.361. The van der Waals surface area contributed by atoms with Crippen molar-refractivity contribution >= 4 is 29.3 Å². The molecular weight excluding hydrogens is 555 g/mol. The Morgan fingerprint density at radius 2 is 1.77 bits per heavy atom. The van der Waals surface area contributed by atoms with E-state index >= 15 is 0 Å². The summed E-state index contributed by atoms with van der Waals surface area (Å²) in [5, 5.41) is 14.8. The third-order valence-corrected chi connectivity index (χ3v) is 7.57. The topological polar surface area (TPSA) is 120 Å². The maximum atomic E-state index is 14.0. The number of likely N-dealkylation sites (N-methyl/N-ethyl adjacent to an activating group) is 1. The smallest absolute Gasteiger partial charge is 0.336 e. The highest BCUT2D eigenvalue weighted by Crippen LogP contribution is 2.27. The van der Waals surface area contributed by atoms with Crippen molar-refractivity contribution in [3.05, 3.63) is 89.2 Å².